The van der Waals surface area contributed by atoms with Crippen LogP contribution < -0.4 is 11.1 Å². The van der Waals surface area contributed by atoms with E-state index in [4.69, 9.17) is 10.8 Å². The molecule has 1 heterocycles. The summed E-state index contributed by atoms with van der Waals surface area (Å²) in [4.78, 5) is 22.8. The van der Waals surface area contributed by atoms with E-state index in [1.807, 2.05) is 13.8 Å². The van der Waals surface area contributed by atoms with Crippen molar-refractivity contribution in [2.75, 3.05) is 6.54 Å². The van der Waals surface area contributed by atoms with Gasteiger partial charge in [-0.1, -0.05) is 6.07 Å². The summed E-state index contributed by atoms with van der Waals surface area (Å²) in [5.41, 5.74) is 8.29. The van der Waals surface area contributed by atoms with Gasteiger partial charge in [-0.25, -0.2) is 4.39 Å². The molecule has 0 fully saturated rings. The minimum atomic E-state index is -1.25. The van der Waals surface area contributed by atoms with Gasteiger partial charge in [0.25, 0.3) is 5.91 Å². The largest absolute Gasteiger partial charge is 0.480 e. The number of aromatic nitrogens is 2. The molecule has 8 heteroatoms. The molecule has 1 atom stereocenters. The van der Waals surface area contributed by atoms with Gasteiger partial charge in [-0.2, -0.15) is 5.10 Å². The molecule has 0 aliphatic heterocycles. The van der Waals surface area contributed by atoms with Crippen molar-refractivity contribution in [3.05, 3.63) is 41.0 Å². The van der Waals surface area contributed by atoms with Crippen LogP contribution in [0.15, 0.2) is 18.2 Å². The molecular weight excluding hydrogens is 315 g/mol. The number of aryl methyl sites for hydroxylation is 2. The molecule has 0 aliphatic carbocycles. The number of nitrogens with one attached hydrogen (secondary N) is 1. The number of nitrogens with zero attached hydrogens (tertiary/aromatic N) is 2. The number of benzene rings is 1. The van der Waals surface area contributed by atoms with Crippen molar-refractivity contribution < 1.29 is 19.1 Å². The Morgan fingerprint density at radius 2 is 2.08 bits per heavy atom. The molecule has 2 aromatic rings. The number of hydrogen-bond acceptors (Lipinski definition) is 4. The fourth-order valence-electron chi connectivity index (χ4n) is 2.43. The molecule has 1 aromatic carbocycles. The zero-order valence-corrected chi connectivity index (χ0v) is 13.6. The predicted octanol–water partition coefficient (Wildman–Crippen LogP) is 0.985. The minimum Gasteiger partial charge on any atom is -0.480 e. The molecule has 0 bridgehead atoms. The molecule has 0 radical (unpaired) electrons. The summed E-state index contributed by atoms with van der Waals surface area (Å²) in [7, 11) is 1.80. The maximum absolute atomic E-state index is 14.0. The molecule has 128 valence electrons. The van der Waals surface area contributed by atoms with Gasteiger partial charge < -0.3 is 16.2 Å². The van der Waals surface area contributed by atoms with E-state index in [0.717, 1.165) is 17.0 Å². The summed E-state index contributed by atoms with van der Waals surface area (Å²) in [5, 5.41) is 15.3. The summed E-state index contributed by atoms with van der Waals surface area (Å²) >= 11 is 0. The first-order valence-corrected chi connectivity index (χ1v) is 7.29. The van der Waals surface area contributed by atoms with Crippen molar-refractivity contribution in [3.63, 3.8) is 0 Å². The van der Waals surface area contributed by atoms with Crippen molar-refractivity contribution in [1.82, 2.24) is 15.1 Å². The number of aliphatic carboxylic acids is 1. The first-order valence-electron chi connectivity index (χ1n) is 7.29. The summed E-state index contributed by atoms with van der Waals surface area (Å²) in [6, 6.07) is 2.95. The summed E-state index contributed by atoms with van der Waals surface area (Å²) < 4.78 is 15.7. The maximum atomic E-state index is 14.0. The van der Waals surface area contributed by atoms with Crippen molar-refractivity contribution in [3.8, 4) is 11.1 Å². The number of halogens is 1. The second kappa shape index (κ2) is 6.79. The molecular formula is C16H19FN4O3. The number of nitrogens with two attached hydrogens (primary N) is 1. The lowest BCUT2D eigenvalue weighted by molar-refractivity contribution is -0.138. The van der Waals surface area contributed by atoms with E-state index >= 15 is 0 Å². The van der Waals surface area contributed by atoms with E-state index in [0.29, 0.717) is 5.56 Å². The number of carbonyl (C=O) groups excluding carboxylic acids is 1. The van der Waals surface area contributed by atoms with Crippen LogP contribution in [-0.2, 0) is 11.8 Å². The third-order valence-electron chi connectivity index (χ3n) is 3.81. The molecule has 0 spiro atoms. The van der Waals surface area contributed by atoms with Crippen LogP contribution in [0.5, 0.6) is 0 Å². The average molecular weight is 334 g/mol. The predicted molar refractivity (Wildman–Crippen MR) is 86.0 cm³/mol. The third-order valence-corrected chi connectivity index (χ3v) is 3.81. The molecule has 1 amide bonds. The molecule has 1 aromatic heterocycles. The normalized spacial score (nSPS) is 12.0. The molecule has 2 rings (SSSR count). The lowest BCUT2D eigenvalue weighted by Crippen LogP contribution is -2.42. The van der Waals surface area contributed by atoms with Crippen molar-refractivity contribution in [2.45, 2.75) is 19.9 Å². The molecule has 4 N–H and O–H groups in total. The summed E-state index contributed by atoms with van der Waals surface area (Å²) in [6.07, 6.45) is 0. The molecule has 0 saturated heterocycles. The molecule has 24 heavy (non-hydrogen) atoms. The van der Waals surface area contributed by atoms with E-state index < -0.39 is 23.7 Å². The highest BCUT2D eigenvalue weighted by Gasteiger charge is 2.19. The number of carboxylic acids is 1. The number of rotatable bonds is 5. The smallest absolute Gasteiger partial charge is 0.322 e. The van der Waals surface area contributed by atoms with Gasteiger partial charge in [-0.15, -0.1) is 0 Å². The van der Waals surface area contributed by atoms with E-state index in [1.54, 1.807) is 17.8 Å². The second-order valence-electron chi connectivity index (χ2n) is 5.52. The van der Waals surface area contributed by atoms with Crippen LogP contribution in [0.3, 0.4) is 0 Å². The van der Waals surface area contributed by atoms with Crippen molar-refractivity contribution in [2.24, 2.45) is 12.8 Å². The standard InChI is InChI=1S/C16H19FN4O3/c1-8-14(9(2)21(3)20-8)10-4-5-12(17)11(6-10)15(22)19-7-13(18)16(23)24/h4-6,13H,7,18H2,1-3H3,(H,19,22)(H,23,24)/t13-/m1/s1. The fourth-order valence-corrected chi connectivity index (χ4v) is 2.43. The minimum absolute atomic E-state index is 0.173. The first-order chi connectivity index (χ1) is 11.2. The van der Waals surface area contributed by atoms with Crippen molar-refractivity contribution >= 4 is 11.9 Å². The van der Waals surface area contributed by atoms with E-state index in [1.165, 1.54) is 12.1 Å². The SMILES string of the molecule is Cc1nn(C)c(C)c1-c1ccc(F)c(C(=O)NC[C@@H](N)C(=O)O)c1. The van der Waals surface area contributed by atoms with Gasteiger partial charge in [-0.05, 0) is 31.5 Å². The van der Waals surface area contributed by atoms with Gasteiger partial charge in [0, 0.05) is 24.8 Å². The Labute approximate surface area is 138 Å². The molecule has 0 unspecified atom stereocenters. The quantitative estimate of drug-likeness (QED) is 0.755. The lowest BCUT2D eigenvalue weighted by Gasteiger charge is -2.10. The number of amides is 1. The Bertz CT molecular complexity index is 801. The molecule has 0 aliphatic rings. The topological polar surface area (TPSA) is 110 Å². The fraction of sp³-hybridized carbons (Fsp3) is 0.312. The van der Waals surface area contributed by atoms with E-state index in [-0.39, 0.29) is 12.1 Å². The Balaban J connectivity index is 2.32. The summed E-state index contributed by atoms with van der Waals surface area (Å²) in [5.74, 6) is -2.66. The highest BCUT2D eigenvalue weighted by molar-refractivity contribution is 5.96. The average Bonchev–Trinajstić information content (AvgIpc) is 2.78. The number of carbonyl (C=O) groups is 2. The first kappa shape index (κ1) is 17.6. The Morgan fingerprint density at radius 1 is 1.42 bits per heavy atom. The Morgan fingerprint density at radius 3 is 2.62 bits per heavy atom. The van der Waals surface area contributed by atoms with Gasteiger partial charge >= 0.3 is 5.97 Å². The second-order valence-corrected chi connectivity index (χ2v) is 5.52. The van der Waals surface area contributed by atoms with Crippen LogP contribution in [0.2, 0.25) is 0 Å². The zero-order valence-electron chi connectivity index (χ0n) is 13.6. The number of carboxylic acid groups (broad SMARTS) is 1. The highest BCUT2D eigenvalue weighted by atomic mass is 19.1. The van der Waals surface area contributed by atoms with Crippen LogP contribution >= 0.6 is 0 Å². The van der Waals surface area contributed by atoms with Gasteiger partial charge in [0.1, 0.15) is 11.9 Å². The monoisotopic (exact) mass is 334 g/mol. The van der Waals surface area contributed by atoms with Crippen LogP contribution in [0.4, 0.5) is 4.39 Å². The molecule has 0 saturated carbocycles. The summed E-state index contributed by atoms with van der Waals surface area (Å²) in [6.45, 7) is 3.42. The van der Waals surface area contributed by atoms with Crippen molar-refractivity contribution in [1.29, 1.82) is 0 Å². The van der Waals surface area contributed by atoms with Gasteiger partial charge in [0.15, 0.2) is 0 Å². The number of hydrogen-bond donors (Lipinski definition) is 3. The van der Waals surface area contributed by atoms with Crippen LogP contribution in [0, 0.1) is 19.7 Å². The van der Waals surface area contributed by atoms with Gasteiger partial charge in [0.05, 0.1) is 11.3 Å². The van der Waals surface area contributed by atoms with Crippen LogP contribution in [-0.4, -0.2) is 39.4 Å². The van der Waals surface area contributed by atoms with Gasteiger partial charge in [0.2, 0.25) is 0 Å². The van der Waals surface area contributed by atoms with Gasteiger partial charge in [-0.3, -0.25) is 14.3 Å². The van der Waals surface area contributed by atoms with Crippen LogP contribution in [0.25, 0.3) is 11.1 Å². The third kappa shape index (κ3) is 3.43. The lowest BCUT2D eigenvalue weighted by atomic mass is 10.0. The Kier molecular flexibility index (Phi) is 4.99. The maximum Gasteiger partial charge on any atom is 0.322 e. The highest BCUT2D eigenvalue weighted by Crippen LogP contribution is 2.28. The van der Waals surface area contributed by atoms with E-state index in [9.17, 15) is 14.0 Å². The van der Waals surface area contributed by atoms with Crippen LogP contribution in [0.1, 0.15) is 21.7 Å². The Hall–Kier alpha value is -2.74. The zero-order chi connectivity index (χ0) is 18.0. The van der Waals surface area contributed by atoms with E-state index in [2.05, 4.69) is 10.4 Å². The molecule has 7 nitrogen and oxygen atoms in total.